The first-order chi connectivity index (χ1) is 36.0. The Hall–Kier alpha value is -5.20. The van der Waals surface area contributed by atoms with E-state index in [0.29, 0.717) is 71.1 Å². The molecule has 2 aliphatic heterocycles. The number of hydrogen-bond acceptors (Lipinski definition) is 13. The summed E-state index contributed by atoms with van der Waals surface area (Å²) in [7, 11) is 1.64. The summed E-state index contributed by atoms with van der Waals surface area (Å²) in [6.45, 7) is 19.6. The molecule has 0 fully saturated rings. The van der Waals surface area contributed by atoms with Gasteiger partial charge in [0.05, 0.1) is 42.4 Å². The molecule has 0 radical (unpaired) electrons. The Morgan fingerprint density at radius 2 is 1.58 bits per heavy atom. The van der Waals surface area contributed by atoms with Crippen molar-refractivity contribution in [2.75, 3.05) is 64.7 Å². The fourth-order valence-corrected chi connectivity index (χ4v) is 9.03. The summed E-state index contributed by atoms with van der Waals surface area (Å²) >= 11 is 34.9. The number of alkyl halides is 3. The zero-order chi connectivity index (χ0) is 56.4. The van der Waals surface area contributed by atoms with Gasteiger partial charge in [-0.25, -0.2) is 9.69 Å². The number of para-hydroxylation sites is 3. The van der Waals surface area contributed by atoms with Crippen molar-refractivity contribution in [3.63, 3.8) is 0 Å². The number of carbonyl (C=O) groups excluding carboxylic acids is 5. The Morgan fingerprint density at radius 1 is 0.934 bits per heavy atom. The number of benzene rings is 3. The van der Waals surface area contributed by atoms with E-state index in [0.717, 1.165) is 48.3 Å². The van der Waals surface area contributed by atoms with Crippen molar-refractivity contribution in [1.82, 2.24) is 15.0 Å². The van der Waals surface area contributed by atoms with Gasteiger partial charge in [0.25, 0.3) is 17.7 Å². The van der Waals surface area contributed by atoms with Crippen LogP contribution in [0.15, 0.2) is 76.8 Å². The second kappa shape index (κ2) is 30.1. The van der Waals surface area contributed by atoms with Gasteiger partial charge in [0.1, 0.15) is 23.3 Å². The summed E-state index contributed by atoms with van der Waals surface area (Å²) < 4.78 is 15.5. The number of rotatable bonds is 14. The molecule has 4 amide bonds. The summed E-state index contributed by atoms with van der Waals surface area (Å²) in [5, 5.41) is 6.51. The van der Waals surface area contributed by atoms with Crippen molar-refractivity contribution in [3.05, 3.63) is 104 Å². The van der Waals surface area contributed by atoms with Crippen molar-refractivity contribution >= 4 is 134 Å². The third-order valence-corrected chi connectivity index (χ3v) is 12.8. The number of ether oxygens (including phenoxy) is 3. The highest BCUT2D eigenvalue weighted by Gasteiger charge is 2.40. The number of aromatic nitrogens is 3. The maximum absolute atomic E-state index is 12.7. The average Bonchev–Trinajstić information content (AvgIpc) is 3.63. The molecule has 3 aromatic carbocycles. The fraction of sp³-hybridized carbons (Fsp3) is 0.444. The molecular weight excluding hydrogens is 1100 g/mol. The van der Waals surface area contributed by atoms with E-state index < -0.39 is 10.8 Å². The zero-order valence-electron chi connectivity index (χ0n) is 44.4. The van der Waals surface area contributed by atoms with Gasteiger partial charge in [-0.2, -0.15) is 15.0 Å². The Kier molecular flexibility index (Phi) is 25.1. The van der Waals surface area contributed by atoms with Crippen LogP contribution in [-0.4, -0.2) is 106 Å². The minimum absolute atomic E-state index is 0.0223. The molecule has 7 rings (SSSR count). The second-order valence-electron chi connectivity index (χ2n) is 18.5. The van der Waals surface area contributed by atoms with Crippen LogP contribution in [0, 0.1) is 6.92 Å². The fourth-order valence-electron chi connectivity index (χ4n) is 8.19. The Bertz CT molecular complexity index is 2730. The third kappa shape index (κ3) is 17.4. The summed E-state index contributed by atoms with van der Waals surface area (Å²) in [4.78, 5) is 76.7. The predicted molar refractivity (Wildman–Crippen MR) is 307 cm³/mol. The third-order valence-electron chi connectivity index (χ3n) is 11.5. The van der Waals surface area contributed by atoms with Gasteiger partial charge >= 0.3 is 5.97 Å². The van der Waals surface area contributed by atoms with Crippen LogP contribution in [0.3, 0.4) is 0 Å². The van der Waals surface area contributed by atoms with Crippen LogP contribution in [0.1, 0.15) is 97.8 Å². The smallest absolute Gasteiger partial charge is 0.349 e. The van der Waals surface area contributed by atoms with E-state index in [4.69, 9.17) is 83.8 Å². The van der Waals surface area contributed by atoms with Crippen LogP contribution in [0.2, 0.25) is 10.3 Å². The number of nitrogens with one attached hydrogen (secondary N) is 2. The lowest BCUT2D eigenvalue weighted by molar-refractivity contribution is -0.137. The van der Waals surface area contributed by atoms with Gasteiger partial charge in [0.2, 0.25) is 23.1 Å². The molecule has 0 spiro atoms. The number of hydrogen-bond donors (Lipinski definition) is 2. The number of esters is 1. The van der Waals surface area contributed by atoms with Gasteiger partial charge in [-0.1, -0.05) is 83.7 Å². The molecule has 1 aromatic heterocycles. The molecule has 4 aromatic rings. The molecule has 412 valence electrons. The van der Waals surface area contributed by atoms with E-state index in [1.165, 1.54) is 11.0 Å². The molecule has 0 saturated carbocycles. The molecule has 2 N–H and O–H groups in total. The number of imide groups is 1. The lowest BCUT2D eigenvalue weighted by Gasteiger charge is -2.35. The Morgan fingerprint density at radius 3 is 2.16 bits per heavy atom. The van der Waals surface area contributed by atoms with E-state index in [-0.39, 0.29) is 64.1 Å². The van der Waals surface area contributed by atoms with Crippen molar-refractivity contribution in [3.8, 4) is 5.75 Å². The molecule has 76 heavy (non-hydrogen) atoms. The number of aryl methyl sites for hydroxylation is 2. The van der Waals surface area contributed by atoms with Crippen LogP contribution in [-0.2, 0) is 39.9 Å². The monoisotopic (exact) mass is 1160 g/mol. The van der Waals surface area contributed by atoms with Crippen LogP contribution >= 0.6 is 69.6 Å². The summed E-state index contributed by atoms with van der Waals surface area (Å²) in [5.41, 5.74) is 5.87. The van der Waals surface area contributed by atoms with Crippen LogP contribution < -0.4 is 30.1 Å². The van der Waals surface area contributed by atoms with Crippen LogP contribution in [0.25, 0.3) is 6.08 Å². The molecule has 3 heterocycles. The SMILES string of the molecule is CC1COc2ccccc2N1C(=O)C(Cl)Cl.CCNc1nc(Cl)nc(NC(C)(C)C)n1.CCOC(=O)/C(Cl)=C/c1cc(N2C(=O)C3=C(CCCC3)C2=O)ccc1Cl.CCc1cccc(C)c1N(C(=O)CCl)C(C)COC. The van der Waals surface area contributed by atoms with Gasteiger partial charge in [-0.3, -0.25) is 19.2 Å². The van der Waals surface area contributed by atoms with E-state index in [9.17, 15) is 24.0 Å². The minimum Gasteiger partial charge on any atom is -0.489 e. The van der Waals surface area contributed by atoms with Gasteiger partial charge < -0.3 is 34.6 Å². The van der Waals surface area contributed by atoms with Gasteiger partial charge in [0.15, 0.2) is 4.84 Å². The van der Waals surface area contributed by atoms with E-state index in [1.54, 1.807) is 42.0 Å². The highest BCUT2D eigenvalue weighted by Crippen LogP contribution is 2.38. The number of fused-ring (bicyclic) bond motifs is 1. The highest BCUT2D eigenvalue weighted by molar-refractivity contribution is 6.54. The summed E-state index contributed by atoms with van der Waals surface area (Å²) in [6, 6.07) is 18.1. The lowest BCUT2D eigenvalue weighted by atomic mass is 9.93. The minimum atomic E-state index is -1.05. The maximum Gasteiger partial charge on any atom is 0.349 e. The number of halogens is 6. The maximum atomic E-state index is 12.7. The quantitative estimate of drug-likeness (QED) is 0.0526. The topological polar surface area (TPSA) is 185 Å². The highest BCUT2D eigenvalue weighted by atomic mass is 35.5. The summed E-state index contributed by atoms with van der Waals surface area (Å²) in [6.07, 6.45) is 5.33. The molecule has 22 heteroatoms. The molecule has 2 atom stereocenters. The molecule has 0 saturated heterocycles. The molecule has 0 bridgehead atoms. The van der Waals surface area contributed by atoms with Crippen LogP contribution in [0.4, 0.5) is 29.0 Å². The van der Waals surface area contributed by atoms with Gasteiger partial charge in [-0.15, -0.1) is 11.6 Å². The first-order valence-corrected chi connectivity index (χ1v) is 27.2. The molecule has 1 aliphatic carbocycles. The zero-order valence-corrected chi connectivity index (χ0v) is 48.9. The number of amides is 4. The first kappa shape index (κ1) is 63.3. The van der Waals surface area contributed by atoms with E-state index in [1.807, 2.05) is 84.9 Å². The molecule has 16 nitrogen and oxygen atoms in total. The largest absolute Gasteiger partial charge is 0.489 e. The van der Waals surface area contributed by atoms with Crippen molar-refractivity contribution < 1.29 is 38.2 Å². The van der Waals surface area contributed by atoms with E-state index >= 15 is 0 Å². The standard InChI is InChI=1S/C19H17Cl2NO4.C15H22ClNO2.C11H11Cl2NO2.C9H16ClN5/c1-2-26-19(25)16(21)10-11-9-12(7-8-15(11)20)22-17(23)13-5-3-4-6-14(13)18(22)24;1-5-13-8-6-7-11(2)15(13)17(14(18)9-16)12(3)10-19-4;1-7-6-16-9-5-3-2-4-8(9)14(7)11(15)10(12)13;1-5-11-7-12-6(10)13-8(14-7)15-9(2,3)4/h7-10H,2-6H2,1H3;6-8,12H,5,9-10H2,1-4H3;2-5,7,10H,6H2,1H3;5H2,1-4H3,(H2,11,12,13,14,15)/b16-10-;;;. The summed E-state index contributed by atoms with van der Waals surface area (Å²) in [5.74, 6) is 0.0105. The second-order valence-corrected chi connectivity index (χ2v) is 21.0. The van der Waals surface area contributed by atoms with Crippen molar-refractivity contribution in [2.24, 2.45) is 0 Å². The van der Waals surface area contributed by atoms with E-state index in [2.05, 4.69) is 38.6 Å². The normalized spacial score (nSPS) is 15.4. The lowest BCUT2D eigenvalue weighted by Crippen LogP contribution is -2.47. The first-order valence-electron chi connectivity index (χ1n) is 24.7. The molecular formula is C54H66Cl6N8O8. The van der Waals surface area contributed by atoms with Crippen molar-refractivity contribution in [2.45, 2.75) is 117 Å². The average molecular weight is 1170 g/mol. The molecule has 2 unspecified atom stereocenters. The Labute approximate surface area is 475 Å². The van der Waals surface area contributed by atoms with Crippen molar-refractivity contribution in [1.29, 1.82) is 0 Å². The number of carbonyl (C=O) groups is 5. The van der Waals surface area contributed by atoms with Gasteiger partial charge in [-0.05, 0) is 152 Å². The number of nitrogens with zero attached hydrogens (tertiary/aromatic N) is 6. The number of anilines is 5. The number of methoxy groups -OCH3 is 1. The predicted octanol–water partition coefficient (Wildman–Crippen LogP) is 12.2. The molecule has 3 aliphatic rings. The Balaban J connectivity index is 0.000000225. The van der Waals surface area contributed by atoms with Crippen LogP contribution in [0.5, 0.6) is 5.75 Å². The van der Waals surface area contributed by atoms with Gasteiger partial charge in [0, 0.05) is 35.4 Å².